The highest BCUT2D eigenvalue weighted by Gasteiger charge is 2.06. The lowest BCUT2D eigenvalue weighted by Crippen LogP contribution is -1.98. The standard InChI is InChI=1S/C15H11BrFNO2/c1-19-14-5-2-10(6-11(14)8-18)9-20-15-7-12(17)3-4-13(15)16/h2-7H,9H2,1H3. The summed E-state index contributed by atoms with van der Waals surface area (Å²) in [6, 6.07) is 11.5. The van der Waals surface area contributed by atoms with Crippen molar-refractivity contribution in [1.29, 1.82) is 5.26 Å². The number of ether oxygens (including phenoxy) is 2. The van der Waals surface area contributed by atoms with Gasteiger partial charge in [0.1, 0.15) is 30.0 Å². The van der Waals surface area contributed by atoms with Gasteiger partial charge in [-0.15, -0.1) is 0 Å². The monoisotopic (exact) mass is 335 g/mol. The van der Waals surface area contributed by atoms with E-state index in [2.05, 4.69) is 22.0 Å². The van der Waals surface area contributed by atoms with Gasteiger partial charge in [-0.25, -0.2) is 4.39 Å². The number of methoxy groups -OCH3 is 1. The summed E-state index contributed by atoms with van der Waals surface area (Å²) in [5, 5.41) is 9.01. The minimum absolute atomic E-state index is 0.237. The van der Waals surface area contributed by atoms with Crippen LogP contribution in [0.15, 0.2) is 40.9 Å². The summed E-state index contributed by atoms with van der Waals surface area (Å²) in [5.41, 5.74) is 1.24. The van der Waals surface area contributed by atoms with Gasteiger partial charge >= 0.3 is 0 Å². The highest BCUT2D eigenvalue weighted by molar-refractivity contribution is 9.10. The summed E-state index contributed by atoms with van der Waals surface area (Å²) in [6.07, 6.45) is 0. The summed E-state index contributed by atoms with van der Waals surface area (Å²) in [4.78, 5) is 0. The quantitative estimate of drug-likeness (QED) is 0.846. The lowest BCUT2D eigenvalue weighted by Gasteiger charge is -2.09. The van der Waals surface area contributed by atoms with Gasteiger partial charge in [0.25, 0.3) is 0 Å². The van der Waals surface area contributed by atoms with E-state index in [1.807, 2.05) is 0 Å². The van der Waals surface area contributed by atoms with E-state index in [4.69, 9.17) is 14.7 Å². The van der Waals surface area contributed by atoms with Gasteiger partial charge in [-0.1, -0.05) is 6.07 Å². The van der Waals surface area contributed by atoms with Crippen LogP contribution in [0, 0.1) is 17.1 Å². The van der Waals surface area contributed by atoms with Crippen LogP contribution in [-0.2, 0) is 6.61 Å². The molecule has 0 bridgehead atoms. The Morgan fingerprint density at radius 1 is 1.20 bits per heavy atom. The maximum Gasteiger partial charge on any atom is 0.136 e. The molecule has 0 unspecified atom stereocenters. The van der Waals surface area contributed by atoms with Gasteiger partial charge in [-0.2, -0.15) is 5.26 Å². The number of nitriles is 1. The fourth-order valence-corrected chi connectivity index (χ4v) is 2.04. The zero-order valence-corrected chi connectivity index (χ0v) is 12.3. The van der Waals surface area contributed by atoms with Crippen LogP contribution in [0.25, 0.3) is 0 Å². The van der Waals surface area contributed by atoms with Crippen molar-refractivity contribution in [3.05, 3.63) is 57.8 Å². The van der Waals surface area contributed by atoms with Gasteiger partial charge in [0.05, 0.1) is 17.1 Å². The first-order valence-electron chi connectivity index (χ1n) is 5.79. The molecule has 5 heteroatoms. The predicted octanol–water partition coefficient (Wildman–Crippen LogP) is 4.05. The first kappa shape index (κ1) is 14.4. The Balaban J connectivity index is 2.15. The Morgan fingerprint density at radius 3 is 2.70 bits per heavy atom. The second-order valence-electron chi connectivity index (χ2n) is 4.01. The molecule has 3 nitrogen and oxygen atoms in total. The zero-order valence-electron chi connectivity index (χ0n) is 10.7. The fraction of sp³-hybridized carbons (Fsp3) is 0.133. The van der Waals surface area contributed by atoms with Gasteiger partial charge in [-0.3, -0.25) is 0 Å². The molecular formula is C15H11BrFNO2. The predicted molar refractivity (Wildman–Crippen MR) is 76.1 cm³/mol. The molecule has 2 rings (SSSR count). The van der Waals surface area contributed by atoms with Gasteiger partial charge in [-0.05, 0) is 45.8 Å². The molecular weight excluding hydrogens is 325 g/mol. The lowest BCUT2D eigenvalue weighted by atomic mass is 10.1. The minimum Gasteiger partial charge on any atom is -0.495 e. The molecule has 0 aliphatic heterocycles. The molecule has 0 fully saturated rings. The molecule has 0 aromatic heterocycles. The van der Waals surface area contributed by atoms with E-state index in [-0.39, 0.29) is 12.4 Å². The molecule has 0 atom stereocenters. The van der Waals surface area contributed by atoms with Gasteiger partial charge in [0.2, 0.25) is 0 Å². The SMILES string of the molecule is COc1ccc(COc2cc(F)ccc2Br)cc1C#N. The number of rotatable bonds is 4. The van der Waals surface area contributed by atoms with E-state index >= 15 is 0 Å². The van der Waals surface area contributed by atoms with Crippen LogP contribution in [-0.4, -0.2) is 7.11 Å². The summed E-state index contributed by atoms with van der Waals surface area (Å²) >= 11 is 3.29. The van der Waals surface area contributed by atoms with E-state index in [0.29, 0.717) is 21.5 Å². The van der Waals surface area contributed by atoms with E-state index < -0.39 is 0 Å². The van der Waals surface area contributed by atoms with Crippen LogP contribution in [0.1, 0.15) is 11.1 Å². The summed E-state index contributed by atoms with van der Waals surface area (Å²) < 4.78 is 24.4. The second-order valence-corrected chi connectivity index (χ2v) is 4.86. The molecule has 2 aromatic carbocycles. The van der Waals surface area contributed by atoms with Crippen molar-refractivity contribution in [3.8, 4) is 17.6 Å². The number of benzene rings is 2. The Morgan fingerprint density at radius 2 is 2.00 bits per heavy atom. The molecule has 0 amide bonds. The fourth-order valence-electron chi connectivity index (χ4n) is 1.68. The van der Waals surface area contributed by atoms with E-state index in [1.54, 1.807) is 24.3 Å². The molecule has 20 heavy (non-hydrogen) atoms. The van der Waals surface area contributed by atoms with Crippen molar-refractivity contribution >= 4 is 15.9 Å². The third-order valence-corrected chi connectivity index (χ3v) is 3.33. The van der Waals surface area contributed by atoms with Crippen LogP contribution in [0.2, 0.25) is 0 Å². The number of hydrogen-bond donors (Lipinski definition) is 0. The van der Waals surface area contributed by atoms with Crippen LogP contribution in [0.4, 0.5) is 4.39 Å². The lowest BCUT2D eigenvalue weighted by molar-refractivity contribution is 0.302. The third kappa shape index (κ3) is 3.28. The Hall–Kier alpha value is -2.06. The molecule has 0 saturated heterocycles. The topological polar surface area (TPSA) is 42.2 Å². The molecule has 0 saturated carbocycles. The summed E-state index contributed by atoms with van der Waals surface area (Å²) in [7, 11) is 1.51. The van der Waals surface area contributed by atoms with Crippen molar-refractivity contribution in [2.75, 3.05) is 7.11 Å². The van der Waals surface area contributed by atoms with Gasteiger partial charge in [0, 0.05) is 6.07 Å². The summed E-state index contributed by atoms with van der Waals surface area (Å²) in [5.74, 6) is 0.568. The van der Waals surface area contributed by atoms with Crippen LogP contribution in [0.3, 0.4) is 0 Å². The van der Waals surface area contributed by atoms with Gasteiger partial charge < -0.3 is 9.47 Å². The Kier molecular flexibility index (Phi) is 4.59. The number of hydrogen-bond acceptors (Lipinski definition) is 3. The molecule has 0 aliphatic rings. The third-order valence-electron chi connectivity index (χ3n) is 2.67. The molecule has 0 spiro atoms. The van der Waals surface area contributed by atoms with E-state index in [1.165, 1.54) is 19.2 Å². The average Bonchev–Trinajstić information content (AvgIpc) is 2.47. The smallest absolute Gasteiger partial charge is 0.136 e. The first-order valence-corrected chi connectivity index (χ1v) is 6.58. The highest BCUT2D eigenvalue weighted by Crippen LogP contribution is 2.27. The van der Waals surface area contributed by atoms with Crippen molar-refractivity contribution in [3.63, 3.8) is 0 Å². The largest absolute Gasteiger partial charge is 0.495 e. The zero-order chi connectivity index (χ0) is 14.5. The second kappa shape index (κ2) is 6.40. The molecule has 0 aliphatic carbocycles. The maximum absolute atomic E-state index is 13.1. The average molecular weight is 336 g/mol. The molecule has 0 radical (unpaired) electrons. The Labute approximate surface area is 124 Å². The van der Waals surface area contributed by atoms with Crippen LogP contribution >= 0.6 is 15.9 Å². The van der Waals surface area contributed by atoms with E-state index in [0.717, 1.165) is 5.56 Å². The maximum atomic E-state index is 13.1. The van der Waals surface area contributed by atoms with Crippen molar-refractivity contribution in [2.24, 2.45) is 0 Å². The normalized spacial score (nSPS) is 9.90. The van der Waals surface area contributed by atoms with Crippen LogP contribution < -0.4 is 9.47 Å². The minimum atomic E-state index is -0.365. The van der Waals surface area contributed by atoms with Gasteiger partial charge in [0.15, 0.2) is 0 Å². The van der Waals surface area contributed by atoms with Crippen molar-refractivity contribution in [2.45, 2.75) is 6.61 Å². The number of halogens is 2. The summed E-state index contributed by atoms with van der Waals surface area (Å²) in [6.45, 7) is 0.237. The molecule has 102 valence electrons. The Bertz CT molecular complexity index is 667. The van der Waals surface area contributed by atoms with Crippen molar-refractivity contribution < 1.29 is 13.9 Å². The molecule has 0 N–H and O–H groups in total. The molecule has 0 heterocycles. The highest BCUT2D eigenvalue weighted by atomic mass is 79.9. The first-order chi connectivity index (χ1) is 9.63. The van der Waals surface area contributed by atoms with Crippen LogP contribution in [0.5, 0.6) is 11.5 Å². The molecule has 2 aromatic rings. The number of nitrogens with zero attached hydrogens (tertiary/aromatic N) is 1. The van der Waals surface area contributed by atoms with Crippen molar-refractivity contribution in [1.82, 2.24) is 0 Å². The van der Waals surface area contributed by atoms with E-state index in [9.17, 15) is 4.39 Å².